The first-order valence-electron chi connectivity index (χ1n) is 6.86. The molecule has 2 atom stereocenters. The molecule has 0 aliphatic heterocycles. The van der Waals surface area contributed by atoms with Gasteiger partial charge in [0, 0.05) is 17.8 Å². The molecule has 1 aliphatic carbocycles. The van der Waals surface area contributed by atoms with Crippen molar-refractivity contribution in [2.75, 3.05) is 0 Å². The first kappa shape index (κ1) is 14.3. The van der Waals surface area contributed by atoms with Gasteiger partial charge >= 0.3 is 0 Å². The molecule has 1 aromatic heterocycles. The average Bonchev–Trinajstić information content (AvgIpc) is 2.49. The molecular formula is C14H20N4O2. The van der Waals surface area contributed by atoms with Crippen LogP contribution in [-0.4, -0.2) is 28.0 Å². The largest absolute Gasteiger partial charge is 0.409 e. The first-order valence-corrected chi connectivity index (χ1v) is 6.86. The number of aromatic nitrogens is 1. The van der Waals surface area contributed by atoms with Crippen LogP contribution in [0.4, 0.5) is 0 Å². The number of nitrogens with one attached hydrogen (secondary N) is 1. The maximum atomic E-state index is 12.1. The zero-order valence-electron chi connectivity index (χ0n) is 11.5. The van der Waals surface area contributed by atoms with Crippen molar-refractivity contribution in [3.63, 3.8) is 0 Å². The third-order valence-electron chi connectivity index (χ3n) is 3.83. The second kappa shape index (κ2) is 6.36. The van der Waals surface area contributed by atoms with Gasteiger partial charge in [0.05, 0.1) is 0 Å². The van der Waals surface area contributed by atoms with Gasteiger partial charge in [0.15, 0.2) is 5.84 Å². The van der Waals surface area contributed by atoms with E-state index in [1.54, 1.807) is 12.1 Å². The highest BCUT2D eigenvalue weighted by Crippen LogP contribution is 2.23. The Morgan fingerprint density at radius 1 is 1.45 bits per heavy atom. The summed E-state index contributed by atoms with van der Waals surface area (Å²) in [6, 6.07) is 3.42. The van der Waals surface area contributed by atoms with Gasteiger partial charge in [-0.1, -0.05) is 24.9 Å². The molecule has 6 heteroatoms. The van der Waals surface area contributed by atoms with Crippen molar-refractivity contribution in [1.82, 2.24) is 10.3 Å². The molecule has 1 amide bonds. The van der Waals surface area contributed by atoms with Gasteiger partial charge in [-0.2, -0.15) is 0 Å². The number of rotatable bonds is 3. The van der Waals surface area contributed by atoms with Crippen LogP contribution in [0, 0.1) is 5.92 Å². The van der Waals surface area contributed by atoms with Crippen LogP contribution in [0.5, 0.6) is 0 Å². The van der Waals surface area contributed by atoms with Crippen molar-refractivity contribution in [1.29, 1.82) is 0 Å². The Morgan fingerprint density at radius 3 is 2.80 bits per heavy atom. The second-order valence-corrected chi connectivity index (χ2v) is 5.26. The van der Waals surface area contributed by atoms with Gasteiger partial charge in [-0.15, -0.1) is 0 Å². The maximum absolute atomic E-state index is 12.1. The van der Waals surface area contributed by atoms with E-state index in [1.807, 2.05) is 0 Å². The molecule has 0 aromatic carbocycles. The number of nitrogens with two attached hydrogens (primary N) is 1. The highest BCUT2D eigenvalue weighted by molar-refractivity contribution is 5.98. The number of pyridine rings is 1. The summed E-state index contributed by atoms with van der Waals surface area (Å²) in [4.78, 5) is 16.2. The summed E-state index contributed by atoms with van der Waals surface area (Å²) < 4.78 is 0. The molecule has 1 fully saturated rings. The van der Waals surface area contributed by atoms with E-state index in [-0.39, 0.29) is 17.8 Å². The SMILES string of the molecule is CC1CCCCC1NC(=O)c1ccc(C(N)=NO)cn1. The van der Waals surface area contributed by atoms with Gasteiger partial charge < -0.3 is 16.3 Å². The molecule has 1 saturated carbocycles. The minimum absolute atomic E-state index is 0.0228. The van der Waals surface area contributed by atoms with Crippen molar-refractivity contribution < 1.29 is 10.0 Å². The second-order valence-electron chi connectivity index (χ2n) is 5.26. The minimum Gasteiger partial charge on any atom is -0.409 e. The van der Waals surface area contributed by atoms with Crippen LogP contribution in [0.3, 0.4) is 0 Å². The summed E-state index contributed by atoms with van der Waals surface area (Å²) in [6.45, 7) is 2.17. The third-order valence-corrected chi connectivity index (χ3v) is 3.83. The first-order chi connectivity index (χ1) is 9.61. The number of hydrogen-bond acceptors (Lipinski definition) is 4. The Balaban J connectivity index is 2.02. The Kier molecular flexibility index (Phi) is 4.55. The highest BCUT2D eigenvalue weighted by atomic mass is 16.4. The van der Waals surface area contributed by atoms with E-state index >= 15 is 0 Å². The van der Waals surface area contributed by atoms with Gasteiger partial charge in [-0.3, -0.25) is 9.78 Å². The lowest BCUT2D eigenvalue weighted by atomic mass is 9.86. The summed E-state index contributed by atoms with van der Waals surface area (Å²) in [5.41, 5.74) is 6.27. The van der Waals surface area contributed by atoms with E-state index in [9.17, 15) is 4.79 Å². The van der Waals surface area contributed by atoms with E-state index in [0.29, 0.717) is 17.2 Å². The number of oxime groups is 1. The average molecular weight is 276 g/mol. The number of carbonyl (C=O) groups excluding carboxylic acids is 1. The van der Waals surface area contributed by atoms with Crippen LogP contribution in [0.2, 0.25) is 0 Å². The molecule has 0 radical (unpaired) electrons. The van der Waals surface area contributed by atoms with E-state index < -0.39 is 0 Å². The predicted molar refractivity (Wildman–Crippen MR) is 75.6 cm³/mol. The zero-order chi connectivity index (χ0) is 14.5. The zero-order valence-corrected chi connectivity index (χ0v) is 11.5. The molecule has 1 heterocycles. The number of carbonyl (C=O) groups is 1. The molecular weight excluding hydrogens is 256 g/mol. The third kappa shape index (κ3) is 3.26. The topological polar surface area (TPSA) is 101 Å². The molecule has 1 aliphatic rings. The Morgan fingerprint density at radius 2 is 2.20 bits per heavy atom. The smallest absolute Gasteiger partial charge is 0.270 e. The monoisotopic (exact) mass is 276 g/mol. The maximum Gasteiger partial charge on any atom is 0.270 e. The van der Waals surface area contributed by atoms with E-state index in [0.717, 1.165) is 19.3 Å². The van der Waals surface area contributed by atoms with Crippen LogP contribution in [0.25, 0.3) is 0 Å². The van der Waals surface area contributed by atoms with Crippen LogP contribution in [-0.2, 0) is 0 Å². The molecule has 108 valence electrons. The van der Waals surface area contributed by atoms with E-state index in [2.05, 4.69) is 22.4 Å². The lowest BCUT2D eigenvalue weighted by molar-refractivity contribution is 0.0905. The fraction of sp³-hybridized carbons (Fsp3) is 0.500. The van der Waals surface area contributed by atoms with Crippen molar-refractivity contribution in [3.05, 3.63) is 29.6 Å². The van der Waals surface area contributed by atoms with Crippen LogP contribution in [0.1, 0.15) is 48.7 Å². The summed E-state index contributed by atoms with van der Waals surface area (Å²) in [5, 5.41) is 14.5. The number of nitrogens with zero attached hydrogens (tertiary/aromatic N) is 2. The molecule has 6 nitrogen and oxygen atoms in total. The Labute approximate surface area is 118 Å². The molecule has 2 unspecified atom stereocenters. The summed E-state index contributed by atoms with van der Waals surface area (Å²) >= 11 is 0. The quantitative estimate of drug-likeness (QED) is 0.337. The van der Waals surface area contributed by atoms with Gasteiger partial charge in [0.1, 0.15) is 5.69 Å². The molecule has 4 N–H and O–H groups in total. The van der Waals surface area contributed by atoms with E-state index in [4.69, 9.17) is 10.9 Å². The van der Waals surface area contributed by atoms with Gasteiger partial charge in [0.25, 0.3) is 5.91 Å². The van der Waals surface area contributed by atoms with Crippen molar-refractivity contribution >= 4 is 11.7 Å². The van der Waals surface area contributed by atoms with Crippen LogP contribution >= 0.6 is 0 Å². The lowest BCUT2D eigenvalue weighted by Gasteiger charge is -2.29. The van der Waals surface area contributed by atoms with Crippen LogP contribution < -0.4 is 11.1 Å². The minimum atomic E-state index is -0.171. The number of amidine groups is 1. The Hall–Kier alpha value is -2.11. The van der Waals surface area contributed by atoms with Crippen molar-refractivity contribution in [3.8, 4) is 0 Å². The van der Waals surface area contributed by atoms with Crippen LogP contribution in [0.15, 0.2) is 23.5 Å². The van der Waals surface area contributed by atoms with Gasteiger partial charge in [-0.05, 0) is 30.9 Å². The molecule has 0 saturated heterocycles. The van der Waals surface area contributed by atoms with Gasteiger partial charge in [0.2, 0.25) is 0 Å². The summed E-state index contributed by atoms with van der Waals surface area (Å²) in [5.74, 6) is 0.310. The fourth-order valence-electron chi connectivity index (χ4n) is 2.51. The molecule has 0 spiro atoms. The fourth-order valence-corrected chi connectivity index (χ4v) is 2.51. The summed E-state index contributed by atoms with van der Waals surface area (Å²) in [6.07, 6.45) is 6.00. The number of hydrogen-bond donors (Lipinski definition) is 3. The standard InChI is InChI=1S/C14H20N4O2/c1-9-4-2-3-5-11(9)17-14(19)12-7-6-10(8-16-12)13(15)18-20/h6-9,11,20H,2-5H2,1H3,(H2,15,18)(H,17,19). The molecule has 1 aromatic rings. The van der Waals surface area contributed by atoms with E-state index in [1.165, 1.54) is 12.6 Å². The molecule has 2 rings (SSSR count). The number of amides is 1. The van der Waals surface area contributed by atoms with Crippen molar-refractivity contribution in [2.45, 2.75) is 38.6 Å². The van der Waals surface area contributed by atoms with Gasteiger partial charge in [-0.25, -0.2) is 0 Å². The van der Waals surface area contributed by atoms with Crippen molar-refractivity contribution in [2.24, 2.45) is 16.8 Å². The normalized spacial score (nSPS) is 23.4. The highest BCUT2D eigenvalue weighted by Gasteiger charge is 2.23. The lowest BCUT2D eigenvalue weighted by Crippen LogP contribution is -2.41. The molecule has 0 bridgehead atoms. The predicted octanol–water partition coefficient (Wildman–Crippen LogP) is 1.48. The molecule has 20 heavy (non-hydrogen) atoms. The summed E-state index contributed by atoms with van der Waals surface area (Å²) in [7, 11) is 0. The Bertz CT molecular complexity index is 498.